The van der Waals surface area contributed by atoms with Crippen LogP contribution in [0, 0.1) is 5.92 Å². The second-order valence-electron chi connectivity index (χ2n) is 6.11. The monoisotopic (exact) mass is 341 g/mol. The average molecular weight is 342 g/mol. The van der Waals surface area contributed by atoms with Crippen LogP contribution < -0.4 is 11.3 Å². The van der Waals surface area contributed by atoms with Crippen molar-refractivity contribution in [1.82, 2.24) is 9.55 Å². The Hall–Kier alpha value is -2.17. The van der Waals surface area contributed by atoms with E-state index >= 15 is 0 Å². The number of benzene rings is 2. The van der Waals surface area contributed by atoms with E-state index in [0.717, 1.165) is 11.4 Å². The average Bonchev–Trinajstić information content (AvgIpc) is 2.59. The van der Waals surface area contributed by atoms with Gasteiger partial charge in [0.1, 0.15) is 5.82 Å². The Labute approximate surface area is 145 Å². The lowest BCUT2D eigenvalue weighted by Crippen LogP contribution is -2.28. The van der Waals surface area contributed by atoms with Gasteiger partial charge in [0.05, 0.1) is 17.4 Å². The highest BCUT2D eigenvalue weighted by Gasteiger charge is 2.14. The zero-order chi connectivity index (χ0) is 17.1. The molecule has 0 bridgehead atoms. The first-order valence-electron chi connectivity index (χ1n) is 8.01. The standard InChI is InChI=1S/C19H20ClN3O/c1-13(11-21)9-18-22-17-10-15(20)7-8-16(17)19(24)23(18)12-14-5-3-2-4-6-14/h2-8,10,13H,9,11-12,21H2,1H3. The van der Waals surface area contributed by atoms with Crippen LogP contribution in [0.5, 0.6) is 0 Å². The maximum Gasteiger partial charge on any atom is 0.261 e. The van der Waals surface area contributed by atoms with Crippen molar-refractivity contribution in [1.29, 1.82) is 0 Å². The lowest BCUT2D eigenvalue weighted by molar-refractivity contribution is 0.542. The van der Waals surface area contributed by atoms with Gasteiger partial charge in [-0.25, -0.2) is 4.98 Å². The Balaban J connectivity index is 2.16. The second kappa shape index (κ2) is 7.16. The molecule has 1 atom stereocenters. The van der Waals surface area contributed by atoms with Crippen molar-refractivity contribution in [2.24, 2.45) is 11.7 Å². The first kappa shape index (κ1) is 16.7. The maximum absolute atomic E-state index is 13.0. The van der Waals surface area contributed by atoms with Crippen LogP contribution in [0.3, 0.4) is 0 Å². The highest BCUT2D eigenvalue weighted by atomic mass is 35.5. The molecule has 1 aromatic heterocycles. The maximum atomic E-state index is 13.0. The van der Waals surface area contributed by atoms with Gasteiger partial charge in [0.25, 0.3) is 5.56 Å². The molecule has 24 heavy (non-hydrogen) atoms. The number of aromatic nitrogens is 2. The third-order valence-electron chi connectivity index (χ3n) is 4.11. The summed E-state index contributed by atoms with van der Waals surface area (Å²) in [6, 6.07) is 15.1. The summed E-state index contributed by atoms with van der Waals surface area (Å²) in [5.74, 6) is 0.993. The highest BCUT2D eigenvalue weighted by molar-refractivity contribution is 6.31. The van der Waals surface area contributed by atoms with E-state index in [2.05, 4.69) is 6.92 Å². The molecule has 0 radical (unpaired) electrons. The molecule has 0 fully saturated rings. The van der Waals surface area contributed by atoms with Gasteiger partial charge in [0.2, 0.25) is 0 Å². The highest BCUT2D eigenvalue weighted by Crippen LogP contribution is 2.17. The van der Waals surface area contributed by atoms with E-state index in [1.165, 1.54) is 0 Å². The number of halogens is 1. The van der Waals surface area contributed by atoms with Gasteiger partial charge in [-0.15, -0.1) is 0 Å². The van der Waals surface area contributed by atoms with Crippen molar-refractivity contribution >= 4 is 22.5 Å². The van der Waals surface area contributed by atoms with Gasteiger partial charge in [-0.1, -0.05) is 48.9 Å². The number of rotatable bonds is 5. The van der Waals surface area contributed by atoms with Crippen molar-refractivity contribution in [3.05, 3.63) is 75.3 Å². The van der Waals surface area contributed by atoms with Crippen molar-refractivity contribution < 1.29 is 0 Å². The number of fused-ring (bicyclic) bond motifs is 1. The van der Waals surface area contributed by atoms with Crippen molar-refractivity contribution in [3.8, 4) is 0 Å². The van der Waals surface area contributed by atoms with Crippen LogP contribution in [-0.2, 0) is 13.0 Å². The Morgan fingerprint density at radius 2 is 1.96 bits per heavy atom. The van der Waals surface area contributed by atoms with Crippen LogP contribution >= 0.6 is 11.6 Å². The summed E-state index contributed by atoms with van der Waals surface area (Å²) in [5.41, 5.74) is 7.42. The molecule has 2 aromatic carbocycles. The molecule has 0 amide bonds. The molecule has 4 nitrogen and oxygen atoms in total. The first-order valence-corrected chi connectivity index (χ1v) is 8.39. The fourth-order valence-corrected chi connectivity index (χ4v) is 2.89. The largest absolute Gasteiger partial charge is 0.330 e. The van der Waals surface area contributed by atoms with E-state index in [0.29, 0.717) is 35.4 Å². The normalized spacial score (nSPS) is 12.5. The number of hydrogen-bond acceptors (Lipinski definition) is 3. The quantitative estimate of drug-likeness (QED) is 0.775. The van der Waals surface area contributed by atoms with Gasteiger partial charge in [0, 0.05) is 11.4 Å². The molecule has 0 aliphatic carbocycles. The summed E-state index contributed by atoms with van der Waals surface area (Å²) in [6.45, 7) is 3.10. The van der Waals surface area contributed by atoms with Gasteiger partial charge in [-0.3, -0.25) is 9.36 Å². The minimum atomic E-state index is -0.0419. The van der Waals surface area contributed by atoms with E-state index in [4.69, 9.17) is 22.3 Å². The van der Waals surface area contributed by atoms with Gasteiger partial charge in [0.15, 0.2) is 0 Å². The third kappa shape index (κ3) is 3.50. The van der Waals surface area contributed by atoms with Gasteiger partial charge in [-0.2, -0.15) is 0 Å². The van der Waals surface area contributed by atoms with E-state index in [9.17, 15) is 4.79 Å². The van der Waals surface area contributed by atoms with E-state index < -0.39 is 0 Å². The summed E-state index contributed by atoms with van der Waals surface area (Å²) in [7, 11) is 0. The molecule has 0 saturated carbocycles. The zero-order valence-electron chi connectivity index (χ0n) is 13.6. The minimum Gasteiger partial charge on any atom is -0.330 e. The molecule has 1 unspecified atom stereocenters. The Morgan fingerprint density at radius 1 is 1.21 bits per heavy atom. The molecule has 0 aliphatic rings. The van der Waals surface area contributed by atoms with Crippen LogP contribution in [0.15, 0.2) is 53.3 Å². The predicted molar refractivity (Wildman–Crippen MR) is 98.5 cm³/mol. The van der Waals surface area contributed by atoms with Crippen molar-refractivity contribution in [2.75, 3.05) is 6.54 Å². The molecule has 0 saturated heterocycles. The second-order valence-corrected chi connectivity index (χ2v) is 6.55. The molecule has 124 valence electrons. The van der Waals surface area contributed by atoms with Crippen LogP contribution in [0.25, 0.3) is 10.9 Å². The molecule has 0 aliphatic heterocycles. The van der Waals surface area contributed by atoms with Gasteiger partial charge in [-0.05, 0) is 36.2 Å². The van der Waals surface area contributed by atoms with Crippen LogP contribution in [0.2, 0.25) is 5.02 Å². The van der Waals surface area contributed by atoms with Crippen LogP contribution in [-0.4, -0.2) is 16.1 Å². The SMILES string of the molecule is CC(CN)Cc1nc2cc(Cl)ccc2c(=O)n1Cc1ccccc1. The molecule has 2 N–H and O–H groups in total. The summed E-state index contributed by atoms with van der Waals surface area (Å²) >= 11 is 6.06. The summed E-state index contributed by atoms with van der Waals surface area (Å²) in [4.78, 5) is 17.7. The molecule has 3 aromatic rings. The molecule has 0 spiro atoms. The molecule has 3 rings (SSSR count). The smallest absolute Gasteiger partial charge is 0.261 e. The molecule has 1 heterocycles. The fraction of sp³-hybridized carbons (Fsp3) is 0.263. The first-order chi connectivity index (χ1) is 11.6. The summed E-state index contributed by atoms with van der Waals surface area (Å²) < 4.78 is 1.75. The van der Waals surface area contributed by atoms with E-state index in [1.807, 2.05) is 30.3 Å². The lowest BCUT2D eigenvalue weighted by Gasteiger charge is -2.16. The fourth-order valence-electron chi connectivity index (χ4n) is 2.72. The van der Waals surface area contributed by atoms with Gasteiger partial charge >= 0.3 is 0 Å². The number of nitrogens with two attached hydrogens (primary N) is 1. The minimum absolute atomic E-state index is 0.0419. The van der Waals surface area contributed by atoms with Gasteiger partial charge < -0.3 is 5.73 Å². The van der Waals surface area contributed by atoms with Crippen LogP contribution in [0.4, 0.5) is 0 Å². The molecular weight excluding hydrogens is 322 g/mol. The Kier molecular flexibility index (Phi) is 4.97. The van der Waals surface area contributed by atoms with Crippen molar-refractivity contribution in [3.63, 3.8) is 0 Å². The van der Waals surface area contributed by atoms with Crippen LogP contribution in [0.1, 0.15) is 18.3 Å². The van der Waals surface area contributed by atoms with Crippen molar-refractivity contribution in [2.45, 2.75) is 19.9 Å². The number of hydrogen-bond donors (Lipinski definition) is 1. The third-order valence-corrected chi connectivity index (χ3v) is 4.35. The summed E-state index contributed by atoms with van der Waals surface area (Å²) in [6.07, 6.45) is 0.654. The Morgan fingerprint density at radius 3 is 2.67 bits per heavy atom. The number of nitrogens with zero attached hydrogens (tertiary/aromatic N) is 2. The predicted octanol–water partition coefficient (Wildman–Crippen LogP) is 3.24. The Bertz CT molecular complexity index is 906. The van der Waals surface area contributed by atoms with E-state index in [1.54, 1.807) is 22.8 Å². The summed E-state index contributed by atoms with van der Waals surface area (Å²) in [5, 5.41) is 1.16. The zero-order valence-corrected chi connectivity index (χ0v) is 14.3. The lowest BCUT2D eigenvalue weighted by atomic mass is 10.1. The molecular formula is C19H20ClN3O. The topological polar surface area (TPSA) is 60.9 Å². The van der Waals surface area contributed by atoms with E-state index in [-0.39, 0.29) is 11.5 Å². The molecule has 5 heteroatoms.